The van der Waals surface area contributed by atoms with E-state index in [0.717, 1.165) is 23.2 Å². The van der Waals surface area contributed by atoms with Gasteiger partial charge in [-0.3, -0.25) is 4.98 Å². The van der Waals surface area contributed by atoms with Crippen LogP contribution in [0.5, 0.6) is 0 Å². The molecule has 1 heterocycles. The predicted octanol–water partition coefficient (Wildman–Crippen LogP) is 3.47. The number of pyridine rings is 1. The summed E-state index contributed by atoms with van der Waals surface area (Å²) in [6.07, 6.45) is 4.24. The molecule has 2 aromatic rings. The number of rotatable bonds is 4. The zero-order valence-corrected chi connectivity index (χ0v) is 12.0. The van der Waals surface area contributed by atoms with Gasteiger partial charge in [0, 0.05) is 29.7 Å². The van der Waals surface area contributed by atoms with E-state index >= 15 is 0 Å². The first-order valence-electron chi connectivity index (χ1n) is 5.92. The monoisotopic (exact) mass is 295 g/mol. The Morgan fingerprint density at radius 2 is 2.05 bits per heavy atom. The van der Waals surface area contributed by atoms with Crippen molar-refractivity contribution >= 4 is 28.9 Å². The molecule has 2 rings (SSSR count). The molecule has 5 heteroatoms. The maximum atomic E-state index is 6.03. The molecule has 19 heavy (non-hydrogen) atoms. The summed E-state index contributed by atoms with van der Waals surface area (Å²) in [5.41, 5.74) is 8.79. The van der Waals surface area contributed by atoms with Crippen molar-refractivity contribution in [3.05, 3.63) is 57.8 Å². The SMILES string of the molecule is CNC(Cc1ccc(Cl)c(Cl)c1)c1cnccc1N. The van der Waals surface area contributed by atoms with Crippen molar-refractivity contribution in [2.24, 2.45) is 0 Å². The van der Waals surface area contributed by atoms with E-state index in [1.54, 1.807) is 24.5 Å². The highest BCUT2D eigenvalue weighted by atomic mass is 35.5. The minimum Gasteiger partial charge on any atom is -0.398 e. The number of hydrogen-bond donors (Lipinski definition) is 2. The Morgan fingerprint density at radius 1 is 1.26 bits per heavy atom. The fourth-order valence-corrected chi connectivity index (χ4v) is 2.30. The molecule has 1 unspecified atom stereocenters. The Hall–Kier alpha value is -1.29. The molecule has 1 aromatic heterocycles. The highest BCUT2D eigenvalue weighted by Gasteiger charge is 2.13. The average molecular weight is 296 g/mol. The van der Waals surface area contributed by atoms with Crippen LogP contribution < -0.4 is 11.1 Å². The highest BCUT2D eigenvalue weighted by Crippen LogP contribution is 2.27. The predicted molar refractivity (Wildman–Crippen MR) is 80.6 cm³/mol. The van der Waals surface area contributed by atoms with Gasteiger partial charge in [-0.05, 0) is 37.2 Å². The molecule has 1 atom stereocenters. The van der Waals surface area contributed by atoms with E-state index in [-0.39, 0.29) is 6.04 Å². The van der Waals surface area contributed by atoms with Gasteiger partial charge in [-0.25, -0.2) is 0 Å². The van der Waals surface area contributed by atoms with E-state index in [2.05, 4.69) is 10.3 Å². The van der Waals surface area contributed by atoms with Gasteiger partial charge in [0.15, 0.2) is 0 Å². The second kappa shape index (κ2) is 6.24. The lowest BCUT2D eigenvalue weighted by molar-refractivity contribution is 0.592. The maximum absolute atomic E-state index is 6.03. The van der Waals surface area contributed by atoms with Gasteiger partial charge in [0.2, 0.25) is 0 Å². The third-order valence-corrected chi connectivity index (χ3v) is 3.77. The van der Waals surface area contributed by atoms with Crippen molar-refractivity contribution in [3.63, 3.8) is 0 Å². The second-order valence-electron chi connectivity index (χ2n) is 4.30. The lowest BCUT2D eigenvalue weighted by Gasteiger charge is -2.18. The lowest BCUT2D eigenvalue weighted by Crippen LogP contribution is -2.20. The number of hydrogen-bond acceptors (Lipinski definition) is 3. The third-order valence-electron chi connectivity index (χ3n) is 3.03. The summed E-state index contributed by atoms with van der Waals surface area (Å²) < 4.78 is 0. The Balaban J connectivity index is 2.24. The second-order valence-corrected chi connectivity index (χ2v) is 5.11. The van der Waals surface area contributed by atoms with Crippen LogP contribution in [0.1, 0.15) is 17.2 Å². The summed E-state index contributed by atoms with van der Waals surface area (Å²) in [5, 5.41) is 4.37. The van der Waals surface area contributed by atoms with Gasteiger partial charge < -0.3 is 11.1 Å². The van der Waals surface area contributed by atoms with Crippen LogP contribution in [0.15, 0.2) is 36.7 Å². The molecule has 0 fully saturated rings. The largest absolute Gasteiger partial charge is 0.398 e. The van der Waals surface area contributed by atoms with Crippen molar-refractivity contribution < 1.29 is 0 Å². The summed E-state index contributed by atoms with van der Waals surface area (Å²) in [6.45, 7) is 0. The Kier molecular flexibility index (Phi) is 4.64. The first kappa shape index (κ1) is 14.1. The van der Waals surface area contributed by atoms with E-state index in [0.29, 0.717) is 10.0 Å². The van der Waals surface area contributed by atoms with E-state index in [1.165, 1.54) is 0 Å². The summed E-state index contributed by atoms with van der Waals surface area (Å²) in [7, 11) is 1.90. The summed E-state index contributed by atoms with van der Waals surface area (Å²) in [6, 6.07) is 7.53. The number of benzene rings is 1. The molecule has 3 nitrogen and oxygen atoms in total. The Labute approximate surface area is 122 Å². The lowest BCUT2D eigenvalue weighted by atomic mass is 9.99. The van der Waals surface area contributed by atoms with E-state index in [9.17, 15) is 0 Å². The minimum absolute atomic E-state index is 0.0888. The van der Waals surface area contributed by atoms with Crippen LogP contribution in [0.25, 0.3) is 0 Å². The molecule has 100 valence electrons. The molecular formula is C14H15Cl2N3. The highest BCUT2D eigenvalue weighted by molar-refractivity contribution is 6.42. The van der Waals surface area contributed by atoms with Crippen molar-refractivity contribution in [2.45, 2.75) is 12.5 Å². The van der Waals surface area contributed by atoms with Crippen molar-refractivity contribution in [3.8, 4) is 0 Å². The standard InChI is InChI=1S/C14H15Cl2N3/c1-18-14(10-8-19-5-4-13(10)17)7-9-2-3-11(15)12(16)6-9/h2-6,8,14,18H,7H2,1H3,(H2,17,19). The normalized spacial score (nSPS) is 12.4. The number of likely N-dealkylation sites (N-methyl/N-ethyl adjacent to an activating group) is 1. The fraction of sp³-hybridized carbons (Fsp3) is 0.214. The summed E-state index contributed by atoms with van der Waals surface area (Å²) >= 11 is 11.9. The van der Waals surface area contributed by atoms with Crippen molar-refractivity contribution in [1.82, 2.24) is 10.3 Å². The maximum Gasteiger partial charge on any atom is 0.0595 e. The quantitative estimate of drug-likeness (QED) is 0.908. The molecule has 0 amide bonds. The van der Waals surface area contributed by atoms with Crippen LogP contribution in [0.2, 0.25) is 10.0 Å². The molecule has 0 radical (unpaired) electrons. The molecule has 3 N–H and O–H groups in total. The zero-order chi connectivity index (χ0) is 13.8. The van der Waals surface area contributed by atoms with E-state index in [1.807, 2.05) is 19.2 Å². The van der Waals surface area contributed by atoms with Gasteiger partial charge in [-0.2, -0.15) is 0 Å². The molecule has 0 saturated carbocycles. The molecule has 0 aliphatic heterocycles. The van der Waals surface area contributed by atoms with Gasteiger partial charge in [-0.1, -0.05) is 29.3 Å². The van der Waals surface area contributed by atoms with Gasteiger partial charge in [0.1, 0.15) is 0 Å². The smallest absolute Gasteiger partial charge is 0.0595 e. The Bertz CT molecular complexity index is 572. The van der Waals surface area contributed by atoms with Crippen LogP contribution in [0, 0.1) is 0 Å². The zero-order valence-electron chi connectivity index (χ0n) is 10.5. The van der Waals surface area contributed by atoms with Gasteiger partial charge in [0.25, 0.3) is 0 Å². The van der Waals surface area contributed by atoms with Gasteiger partial charge in [-0.15, -0.1) is 0 Å². The van der Waals surface area contributed by atoms with Crippen LogP contribution >= 0.6 is 23.2 Å². The number of aromatic nitrogens is 1. The molecule has 0 saturated heterocycles. The number of nitrogens with two attached hydrogens (primary N) is 1. The van der Waals surface area contributed by atoms with E-state index in [4.69, 9.17) is 28.9 Å². The fourth-order valence-electron chi connectivity index (χ4n) is 1.98. The van der Waals surface area contributed by atoms with E-state index < -0.39 is 0 Å². The van der Waals surface area contributed by atoms with Crippen molar-refractivity contribution in [2.75, 3.05) is 12.8 Å². The first-order chi connectivity index (χ1) is 9.11. The number of anilines is 1. The van der Waals surface area contributed by atoms with Gasteiger partial charge >= 0.3 is 0 Å². The number of nitrogens with one attached hydrogen (secondary N) is 1. The molecular weight excluding hydrogens is 281 g/mol. The van der Waals surface area contributed by atoms with Crippen LogP contribution in [-0.2, 0) is 6.42 Å². The van der Waals surface area contributed by atoms with Gasteiger partial charge in [0.05, 0.1) is 10.0 Å². The molecule has 0 spiro atoms. The minimum atomic E-state index is 0.0888. The summed E-state index contributed by atoms with van der Waals surface area (Å²) in [4.78, 5) is 4.12. The molecule has 0 aliphatic rings. The van der Waals surface area contributed by atoms with Crippen LogP contribution in [0.3, 0.4) is 0 Å². The van der Waals surface area contributed by atoms with Crippen molar-refractivity contribution in [1.29, 1.82) is 0 Å². The number of halogens is 2. The topological polar surface area (TPSA) is 50.9 Å². The first-order valence-corrected chi connectivity index (χ1v) is 6.68. The average Bonchev–Trinajstić information content (AvgIpc) is 2.41. The van der Waals surface area contributed by atoms with Crippen LogP contribution in [-0.4, -0.2) is 12.0 Å². The Morgan fingerprint density at radius 3 is 2.68 bits per heavy atom. The number of nitrogens with zero attached hydrogens (tertiary/aromatic N) is 1. The third kappa shape index (κ3) is 3.38. The summed E-state index contributed by atoms with van der Waals surface area (Å²) in [5.74, 6) is 0. The molecule has 0 aliphatic carbocycles. The molecule has 0 bridgehead atoms. The van der Waals surface area contributed by atoms with Crippen LogP contribution in [0.4, 0.5) is 5.69 Å². The number of nitrogen functional groups attached to an aromatic ring is 1. The molecule has 1 aromatic carbocycles.